The Hall–Kier alpha value is 0.300. The molecule has 0 atom stereocenters. The SMILES string of the molecule is Brc1cc(OCCOCCOCCOCCOCC2CCCC2)c(Br)s1. The van der Waals surface area contributed by atoms with Crippen molar-refractivity contribution in [2.24, 2.45) is 5.92 Å². The second-order valence-corrected chi connectivity index (χ2v) is 9.85. The van der Waals surface area contributed by atoms with Gasteiger partial charge in [-0.05, 0) is 50.6 Å². The molecule has 1 fully saturated rings. The molecule has 0 saturated heterocycles. The fourth-order valence-electron chi connectivity index (χ4n) is 2.72. The van der Waals surface area contributed by atoms with E-state index in [0.717, 1.165) is 25.8 Å². The Morgan fingerprint density at radius 3 is 1.88 bits per heavy atom. The summed E-state index contributed by atoms with van der Waals surface area (Å²) in [5, 5.41) is 0. The number of ether oxygens (including phenoxy) is 5. The summed E-state index contributed by atoms with van der Waals surface area (Å²) in [6, 6.07) is 1.94. The smallest absolute Gasteiger partial charge is 0.145 e. The molecule has 1 aliphatic carbocycles. The van der Waals surface area contributed by atoms with Crippen LogP contribution in [0.2, 0.25) is 0 Å². The van der Waals surface area contributed by atoms with Gasteiger partial charge in [0.2, 0.25) is 0 Å². The van der Waals surface area contributed by atoms with Crippen molar-refractivity contribution in [3.63, 3.8) is 0 Å². The second kappa shape index (κ2) is 14.3. The Balaban J connectivity index is 1.27. The molecule has 150 valence electrons. The summed E-state index contributed by atoms with van der Waals surface area (Å²) in [5.41, 5.74) is 0. The van der Waals surface area contributed by atoms with Crippen molar-refractivity contribution in [3.05, 3.63) is 13.6 Å². The molecule has 1 aliphatic rings. The summed E-state index contributed by atoms with van der Waals surface area (Å²) < 4.78 is 29.7. The van der Waals surface area contributed by atoms with Gasteiger partial charge in [-0.2, -0.15) is 0 Å². The van der Waals surface area contributed by atoms with Crippen LogP contribution < -0.4 is 4.74 Å². The van der Waals surface area contributed by atoms with E-state index in [1.165, 1.54) is 25.7 Å². The first-order valence-corrected chi connectivity index (χ1v) is 11.5. The highest BCUT2D eigenvalue weighted by Gasteiger charge is 2.14. The summed E-state index contributed by atoms with van der Waals surface area (Å²) in [5.74, 6) is 1.61. The zero-order chi connectivity index (χ0) is 18.5. The van der Waals surface area contributed by atoms with E-state index in [4.69, 9.17) is 23.7 Å². The van der Waals surface area contributed by atoms with Gasteiger partial charge >= 0.3 is 0 Å². The highest BCUT2D eigenvalue weighted by Crippen LogP contribution is 2.37. The maximum absolute atomic E-state index is 5.64. The largest absolute Gasteiger partial charge is 0.489 e. The van der Waals surface area contributed by atoms with Crippen LogP contribution in [0.25, 0.3) is 0 Å². The van der Waals surface area contributed by atoms with Gasteiger partial charge in [-0.3, -0.25) is 0 Å². The molecule has 0 spiro atoms. The van der Waals surface area contributed by atoms with E-state index >= 15 is 0 Å². The van der Waals surface area contributed by atoms with Crippen LogP contribution in [0.3, 0.4) is 0 Å². The number of rotatable bonds is 15. The Labute approximate surface area is 176 Å². The van der Waals surface area contributed by atoms with E-state index in [1.54, 1.807) is 11.3 Å². The lowest BCUT2D eigenvalue weighted by molar-refractivity contribution is -0.00795. The van der Waals surface area contributed by atoms with Crippen molar-refractivity contribution in [1.82, 2.24) is 0 Å². The minimum atomic E-state index is 0.520. The third-order valence-corrected chi connectivity index (χ3v) is 6.34. The average molecular weight is 516 g/mol. The highest BCUT2D eigenvalue weighted by atomic mass is 79.9. The molecule has 0 aromatic carbocycles. The van der Waals surface area contributed by atoms with Gasteiger partial charge < -0.3 is 23.7 Å². The third-order valence-electron chi connectivity index (χ3n) is 4.05. The maximum Gasteiger partial charge on any atom is 0.145 e. The van der Waals surface area contributed by atoms with Gasteiger partial charge in [0.1, 0.15) is 16.1 Å². The molecule has 1 aromatic heterocycles. The number of thiophene rings is 1. The molecule has 0 unspecified atom stereocenters. The molecule has 2 rings (SSSR count). The van der Waals surface area contributed by atoms with Crippen molar-refractivity contribution in [2.45, 2.75) is 25.7 Å². The molecule has 8 heteroatoms. The number of hydrogen-bond acceptors (Lipinski definition) is 6. The second-order valence-electron chi connectivity index (χ2n) is 6.10. The van der Waals surface area contributed by atoms with Gasteiger partial charge in [0.15, 0.2) is 0 Å². The molecule has 0 N–H and O–H groups in total. The lowest BCUT2D eigenvalue weighted by atomic mass is 10.1. The first kappa shape index (κ1) is 22.6. The Morgan fingerprint density at radius 2 is 1.35 bits per heavy atom. The zero-order valence-corrected chi connectivity index (χ0v) is 19.0. The van der Waals surface area contributed by atoms with Crippen LogP contribution in [0.1, 0.15) is 25.7 Å². The van der Waals surface area contributed by atoms with Crippen LogP contribution >= 0.6 is 43.2 Å². The minimum Gasteiger partial charge on any atom is -0.489 e. The van der Waals surface area contributed by atoms with Crippen molar-refractivity contribution in [1.29, 1.82) is 0 Å². The molecular formula is C18H28Br2O5S. The molecule has 1 aromatic rings. The summed E-state index contributed by atoms with van der Waals surface area (Å²) in [6.45, 7) is 5.56. The topological polar surface area (TPSA) is 46.2 Å². The molecule has 0 amide bonds. The molecular weight excluding hydrogens is 488 g/mol. The molecule has 0 bridgehead atoms. The highest BCUT2D eigenvalue weighted by molar-refractivity contribution is 9.12. The van der Waals surface area contributed by atoms with Gasteiger partial charge in [0.25, 0.3) is 0 Å². The molecule has 26 heavy (non-hydrogen) atoms. The minimum absolute atomic E-state index is 0.520. The van der Waals surface area contributed by atoms with Gasteiger partial charge in [-0.1, -0.05) is 12.8 Å². The molecule has 0 aliphatic heterocycles. The monoisotopic (exact) mass is 514 g/mol. The lowest BCUT2D eigenvalue weighted by Gasteiger charge is -2.10. The van der Waals surface area contributed by atoms with E-state index in [0.29, 0.717) is 52.9 Å². The number of hydrogen-bond donors (Lipinski definition) is 0. The van der Waals surface area contributed by atoms with Gasteiger partial charge in [0, 0.05) is 12.7 Å². The molecule has 5 nitrogen and oxygen atoms in total. The predicted octanol–water partition coefficient (Wildman–Crippen LogP) is 4.91. The average Bonchev–Trinajstić information content (AvgIpc) is 3.24. The van der Waals surface area contributed by atoms with Gasteiger partial charge in [-0.25, -0.2) is 0 Å². The summed E-state index contributed by atoms with van der Waals surface area (Å²) in [7, 11) is 0. The van der Waals surface area contributed by atoms with Crippen LogP contribution in [0.15, 0.2) is 13.6 Å². The van der Waals surface area contributed by atoms with Crippen molar-refractivity contribution < 1.29 is 23.7 Å². The maximum atomic E-state index is 5.64. The standard InChI is InChI=1S/C18H28Br2O5S/c19-17-13-16(18(20)26-17)25-12-11-23-8-7-21-5-6-22-9-10-24-14-15-3-1-2-4-15/h13,15H,1-12,14H2. The first-order valence-electron chi connectivity index (χ1n) is 9.14. The number of halogens is 2. The quantitative estimate of drug-likeness (QED) is 0.310. The fourth-order valence-corrected chi connectivity index (χ4v) is 5.37. The summed E-state index contributed by atoms with van der Waals surface area (Å²) in [6.07, 6.45) is 5.38. The van der Waals surface area contributed by atoms with Crippen molar-refractivity contribution >= 4 is 43.2 Å². The zero-order valence-electron chi connectivity index (χ0n) is 15.1. The molecule has 1 heterocycles. The van der Waals surface area contributed by atoms with Crippen molar-refractivity contribution in [2.75, 3.05) is 59.5 Å². The fraction of sp³-hybridized carbons (Fsp3) is 0.778. The van der Waals surface area contributed by atoms with Crippen LogP contribution in [0.4, 0.5) is 0 Å². The van der Waals surface area contributed by atoms with Crippen LogP contribution in [0, 0.1) is 5.92 Å². The Morgan fingerprint density at radius 1 is 0.808 bits per heavy atom. The van der Waals surface area contributed by atoms with Gasteiger partial charge in [-0.15, -0.1) is 11.3 Å². The van der Waals surface area contributed by atoms with E-state index < -0.39 is 0 Å². The van der Waals surface area contributed by atoms with Crippen molar-refractivity contribution in [3.8, 4) is 5.75 Å². The molecule has 1 saturated carbocycles. The van der Waals surface area contributed by atoms with Crippen LogP contribution in [-0.2, 0) is 18.9 Å². The normalized spacial score (nSPS) is 15.0. The van der Waals surface area contributed by atoms with Gasteiger partial charge in [0.05, 0.1) is 50.0 Å². The van der Waals surface area contributed by atoms with Crippen LogP contribution in [-0.4, -0.2) is 59.5 Å². The van der Waals surface area contributed by atoms with E-state index in [1.807, 2.05) is 6.07 Å². The Kier molecular flexibility index (Phi) is 12.4. The first-order chi connectivity index (χ1) is 12.8. The third kappa shape index (κ3) is 10.0. The van der Waals surface area contributed by atoms with E-state index in [-0.39, 0.29) is 0 Å². The molecule has 0 radical (unpaired) electrons. The van der Waals surface area contributed by atoms with E-state index in [2.05, 4.69) is 31.9 Å². The Bertz CT molecular complexity index is 480. The summed E-state index contributed by atoms with van der Waals surface area (Å²) in [4.78, 5) is 0. The van der Waals surface area contributed by atoms with Crippen LogP contribution in [0.5, 0.6) is 5.75 Å². The van der Waals surface area contributed by atoms with E-state index in [9.17, 15) is 0 Å². The summed E-state index contributed by atoms with van der Waals surface area (Å²) >= 11 is 8.46. The predicted molar refractivity (Wildman–Crippen MR) is 110 cm³/mol. The lowest BCUT2D eigenvalue weighted by Crippen LogP contribution is -2.14.